The molecule has 0 spiro atoms. The van der Waals surface area contributed by atoms with Crippen LogP contribution in [0.1, 0.15) is 61.7 Å². The van der Waals surface area contributed by atoms with Crippen LogP contribution in [0, 0.1) is 0 Å². The van der Waals surface area contributed by atoms with Crippen LogP contribution < -0.4 is 30.5 Å². The monoisotopic (exact) mass is 557 g/mol. The second-order valence-corrected chi connectivity index (χ2v) is 10.8. The second kappa shape index (κ2) is 11.9. The fourth-order valence-electron chi connectivity index (χ4n) is 5.77. The third-order valence-electron chi connectivity index (χ3n) is 8.01. The number of nitrogens with zero attached hydrogens (tertiary/aromatic N) is 4. The van der Waals surface area contributed by atoms with Crippen LogP contribution >= 0.6 is 0 Å². The number of ether oxygens (including phenoxy) is 1. The number of halogens is 2. The molecule has 12 heteroatoms. The van der Waals surface area contributed by atoms with Crippen LogP contribution in [0.2, 0.25) is 0 Å². The maximum Gasteiger partial charge on any atom is 0.342 e. The summed E-state index contributed by atoms with van der Waals surface area (Å²) in [6, 6.07) is 5.03. The molecule has 3 aliphatic rings. The van der Waals surface area contributed by atoms with E-state index in [9.17, 15) is 18.4 Å². The molecule has 1 aromatic carbocycles. The Labute approximate surface area is 232 Å². The lowest BCUT2D eigenvalue weighted by molar-refractivity contribution is -0.140. The summed E-state index contributed by atoms with van der Waals surface area (Å²) in [7, 11) is 2.83. The SMILES string of the molecule is COc1cc(C(=O)NC2CCCNCC2)ccc1Nc1ncc2c(n1)N(C1CCCCC1)CC(F)(F)C(=O)N2C. The minimum Gasteiger partial charge on any atom is -0.495 e. The molecular formula is C28H37F2N7O3. The van der Waals surface area contributed by atoms with Gasteiger partial charge in [0.2, 0.25) is 5.95 Å². The Bertz CT molecular complexity index is 1230. The first kappa shape index (κ1) is 28.0. The van der Waals surface area contributed by atoms with Crippen LogP contribution in [-0.4, -0.2) is 73.6 Å². The number of hydrogen-bond acceptors (Lipinski definition) is 8. The summed E-state index contributed by atoms with van der Waals surface area (Å²) in [4.78, 5) is 37.0. The van der Waals surface area contributed by atoms with Crippen molar-refractivity contribution < 1.29 is 23.1 Å². The van der Waals surface area contributed by atoms with E-state index in [1.165, 1.54) is 20.4 Å². The fourth-order valence-corrected chi connectivity index (χ4v) is 5.77. The Kier molecular flexibility index (Phi) is 8.34. The van der Waals surface area contributed by atoms with Crippen molar-refractivity contribution in [2.45, 2.75) is 69.4 Å². The van der Waals surface area contributed by atoms with Crippen molar-refractivity contribution in [1.29, 1.82) is 0 Å². The van der Waals surface area contributed by atoms with Crippen molar-refractivity contribution in [1.82, 2.24) is 20.6 Å². The Hall–Kier alpha value is -3.54. The highest BCUT2D eigenvalue weighted by molar-refractivity contribution is 6.02. The van der Waals surface area contributed by atoms with Gasteiger partial charge in [0.05, 0.1) is 25.5 Å². The largest absolute Gasteiger partial charge is 0.495 e. The fraction of sp³-hybridized carbons (Fsp3) is 0.571. The summed E-state index contributed by atoms with van der Waals surface area (Å²) < 4.78 is 35.4. The third kappa shape index (κ3) is 5.96. The van der Waals surface area contributed by atoms with Gasteiger partial charge in [-0.3, -0.25) is 9.59 Å². The molecule has 1 unspecified atom stereocenters. The number of alkyl halides is 2. The van der Waals surface area contributed by atoms with E-state index < -0.39 is 18.4 Å². The summed E-state index contributed by atoms with van der Waals surface area (Å²) >= 11 is 0. The van der Waals surface area contributed by atoms with Crippen LogP contribution in [0.15, 0.2) is 24.4 Å². The van der Waals surface area contributed by atoms with E-state index in [0.29, 0.717) is 22.8 Å². The number of fused-ring (bicyclic) bond motifs is 1. The number of nitrogens with one attached hydrogen (secondary N) is 3. The molecule has 2 amide bonds. The number of hydrogen-bond donors (Lipinski definition) is 3. The quantitative estimate of drug-likeness (QED) is 0.491. The van der Waals surface area contributed by atoms with Crippen molar-refractivity contribution in [3.63, 3.8) is 0 Å². The number of benzene rings is 1. The van der Waals surface area contributed by atoms with E-state index in [0.717, 1.165) is 69.4 Å². The number of carbonyl (C=O) groups is 2. The van der Waals surface area contributed by atoms with E-state index in [1.54, 1.807) is 23.1 Å². The van der Waals surface area contributed by atoms with E-state index in [2.05, 4.69) is 25.9 Å². The van der Waals surface area contributed by atoms with Crippen molar-refractivity contribution in [3.05, 3.63) is 30.0 Å². The molecule has 40 heavy (non-hydrogen) atoms. The van der Waals surface area contributed by atoms with Gasteiger partial charge in [-0.25, -0.2) is 4.98 Å². The lowest BCUT2D eigenvalue weighted by atomic mass is 9.94. The number of carbonyl (C=O) groups excluding carboxylic acids is 2. The first-order valence-electron chi connectivity index (χ1n) is 14.0. The summed E-state index contributed by atoms with van der Waals surface area (Å²) in [5.41, 5.74) is 1.23. The molecule has 3 heterocycles. The van der Waals surface area contributed by atoms with Crippen LogP contribution in [0.25, 0.3) is 0 Å². The minimum atomic E-state index is -3.55. The van der Waals surface area contributed by atoms with E-state index >= 15 is 0 Å². The number of amides is 2. The number of rotatable bonds is 6. The molecular weight excluding hydrogens is 520 g/mol. The van der Waals surface area contributed by atoms with Crippen LogP contribution in [0.4, 0.5) is 31.9 Å². The highest BCUT2D eigenvalue weighted by atomic mass is 19.3. The maximum atomic E-state index is 14.9. The molecule has 2 fully saturated rings. The van der Waals surface area contributed by atoms with Crippen molar-refractivity contribution in [3.8, 4) is 5.75 Å². The number of aromatic nitrogens is 2. The second-order valence-electron chi connectivity index (χ2n) is 10.8. The summed E-state index contributed by atoms with van der Waals surface area (Å²) in [5.74, 6) is -4.11. The van der Waals surface area contributed by atoms with Gasteiger partial charge < -0.3 is 30.5 Å². The zero-order valence-electron chi connectivity index (χ0n) is 23.0. The van der Waals surface area contributed by atoms with Crippen molar-refractivity contribution in [2.24, 2.45) is 0 Å². The van der Waals surface area contributed by atoms with Gasteiger partial charge in [0.1, 0.15) is 11.4 Å². The molecule has 1 aliphatic carbocycles. The molecule has 2 aromatic rings. The van der Waals surface area contributed by atoms with E-state index in [4.69, 9.17) is 4.74 Å². The van der Waals surface area contributed by atoms with Crippen molar-refractivity contribution >= 4 is 35.0 Å². The molecule has 1 atom stereocenters. The minimum absolute atomic E-state index is 0.115. The summed E-state index contributed by atoms with van der Waals surface area (Å²) in [6.45, 7) is 1.10. The Balaban J connectivity index is 1.40. The highest BCUT2D eigenvalue weighted by Crippen LogP contribution is 2.39. The Morgan fingerprint density at radius 3 is 2.70 bits per heavy atom. The number of anilines is 4. The molecule has 0 radical (unpaired) electrons. The van der Waals surface area contributed by atoms with Crippen LogP contribution in [0.5, 0.6) is 5.75 Å². The van der Waals surface area contributed by atoms with E-state index in [1.807, 2.05) is 0 Å². The van der Waals surface area contributed by atoms with Crippen LogP contribution in [-0.2, 0) is 4.79 Å². The molecule has 10 nitrogen and oxygen atoms in total. The molecule has 1 aromatic heterocycles. The predicted octanol–water partition coefficient (Wildman–Crippen LogP) is 3.85. The summed E-state index contributed by atoms with van der Waals surface area (Å²) in [5, 5.41) is 9.56. The zero-order chi connectivity index (χ0) is 28.3. The van der Waals surface area contributed by atoms with Gasteiger partial charge in [-0.15, -0.1) is 0 Å². The lowest BCUT2D eigenvalue weighted by Crippen LogP contribution is -2.49. The zero-order valence-corrected chi connectivity index (χ0v) is 23.0. The van der Waals surface area contributed by atoms with Gasteiger partial charge in [0, 0.05) is 24.7 Å². The van der Waals surface area contributed by atoms with Crippen LogP contribution in [0.3, 0.4) is 0 Å². The predicted molar refractivity (Wildman–Crippen MR) is 149 cm³/mol. The highest BCUT2D eigenvalue weighted by Gasteiger charge is 2.48. The molecule has 216 valence electrons. The van der Waals surface area contributed by atoms with E-state index in [-0.39, 0.29) is 29.6 Å². The normalized spacial score (nSPS) is 21.7. The van der Waals surface area contributed by atoms with Crippen molar-refractivity contribution in [2.75, 3.05) is 48.9 Å². The third-order valence-corrected chi connectivity index (χ3v) is 8.01. The lowest BCUT2D eigenvalue weighted by Gasteiger charge is -2.35. The van der Waals surface area contributed by atoms with Gasteiger partial charge in [-0.05, 0) is 63.4 Å². The van der Waals surface area contributed by atoms with Gasteiger partial charge >= 0.3 is 5.92 Å². The average Bonchev–Trinajstić information content (AvgIpc) is 3.27. The molecule has 1 saturated carbocycles. The molecule has 5 rings (SSSR count). The van der Waals surface area contributed by atoms with Gasteiger partial charge in [0.15, 0.2) is 5.82 Å². The standard InChI is InChI=1S/C28H37F2N7O3/c1-36-22-16-32-27(35-24(22)37(17-28(29,30)26(36)39)20-8-4-3-5-9-20)34-21-11-10-18(15-23(21)40-2)25(38)33-19-7-6-13-31-14-12-19/h10-11,15-16,19-20,31H,3-9,12-14,17H2,1-2H3,(H,33,38)(H,32,34,35). The van der Waals surface area contributed by atoms with Gasteiger partial charge in [-0.1, -0.05) is 19.3 Å². The first-order chi connectivity index (χ1) is 19.3. The van der Waals surface area contributed by atoms with Gasteiger partial charge in [0.25, 0.3) is 11.8 Å². The topological polar surface area (TPSA) is 112 Å². The Morgan fingerprint density at radius 1 is 1.12 bits per heavy atom. The molecule has 0 bridgehead atoms. The summed E-state index contributed by atoms with van der Waals surface area (Å²) in [6.07, 6.45) is 8.68. The Morgan fingerprint density at radius 2 is 1.93 bits per heavy atom. The number of methoxy groups -OCH3 is 1. The molecule has 2 aliphatic heterocycles. The first-order valence-corrected chi connectivity index (χ1v) is 14.0. The smallest absolute Gasteiger partial charge is 0.342 e. The molecule has 1 saturated heterocycles. The van der Waals surface area contributed by atoms with Gasteiger partial charge in [-0.2, -0.15) is 13.8 Å². The average molecular weight is 558 g/mol. The molecule has 3 N–H and O–H groups in total. The maximum absolute atomic E-state index is 14.9.